The number of nitrogens with zero attached hydrogens (tertiary/aromatic N) is 1. The smallest absolute Gasteiger partial charge is 0.417 e. The van der Waals surface area contributed by atoms with Crippen molar-refractivity contribution in [2.45, 2.75) is 17.5 Å². The van der Waals surface area contributed by atoms with Crippen molar-refractivity contribution >= 4 is 16.0 Å². The lowest BCUT2D eigenvalue weighted by molar-refractivity contribution is -0.138. The molecule has 1 aromatic carbocycles. The monoisotopic (exact) mass is 366 g/mol. The van der Waals surface area contributed by atoms with Crippen molar-refractivity contribution in [1.29, 1.82) is 0 Å². The lowest BCUT2D eigenvalue weighted by Crippen LogP contribution is -2.30. The first-order valence-electron chi connectivity index (χ1n) is 7.11. The lowest BCUT2D eigenvalue weighted by Gasteiger charge is -2.18. The van der Waals surface area contributed by atoms with Gasteiger partial charge in [0.15, 0.2) is 0 Å². The van der Waals surface area contributed by atoms with Crippen LogP contribution in [-0.2, 0) is 20.9 Å². The van der Waals surface area contributed by atoms with Gasteiger partial charge in [0, 0.05) is 13.1 Å². The summed E-state index contributed by atoms with van der Waals surface area (Å²) in [4.78, 5) is 11.0. The molecule has 1 unspecified atom stereocenters. The zero-order valence-electron chi connectivity index (χ0n) is 12.8. The molecule has 24 heavy (non-hydrogen) atoms. The normalized spacial score (nSPS) is 19.5. The van der Waals surface area contributed by atoms with Crippen molar-refractivity contribution < 1.29 is 31.1 Å². The standard InChI is InChI=1S/C14H17F3N2O4S/c1-23-13(20)11-3-2-10(6-12(11)14(15,16)17)24(21,22)19-5-4-9(7-18)8-19/h2-3,6,9H,4-5,7-8,18H2,1H3. The van der Waals surface area contributed by atoms with Crippen molar-refractivity contribution in [2.75, 3.05) is 26.7 Å². The van der Waals surface area contributed by atoms with Gasteiger partial charge >= 0.3 is 12.1 Å². The number of sulfonamides is 1. The van der Waals surface area contributed by atoms with Gasteiger partial charge in [0.25, 0.3) is 0 Å². The number of esters is 1. The fraction of sp³-hybridized carbons (Fsp3) is 0.500. The van der Waals surface area contributed by atoms with Gasteiger partial charge in [-0.1, -0.05) is 0 Å². The number of hydrogen-bond donors (Lipinski definition) is 1. The molecule has 1 fully saturated rings. The second kappa shape index (κ2) is 6.69. The zero-order valence-corrected chi connectivity index (χ0v) is 13.7. The SMILES string of the molecule is COC(=O)c1ccc(S(=O)(=O)N2CCC(CN)C2)cc1C(F)(F)F. The molecular formula is C14H17F3N2O4S. The topological polar surface area (TPSA) is 89.7 Å². The molecule has 0 radical (unpaired) electrons. The average Bonchev–Trinajstić information content (AvgIpc) is 3.02. The molecule has 0 aliphatic carbocycles. The summed E-state index contributed by atoms with van der Waals surface area (Å²) in [7, 11) is -3.14. The Hall–Kier alpha value is -1.65. The number of ether oxygens (including phenoxy) is 1. The Morgan fingerprint density at radius 1 is 1.42 bits per heavy atom. The Morgan fingerprint density at radius 3 is 2.58 bits per heavy atom. The maximum atomic E-state index is 13.2. The van der Waals surface area contributed by atoms with Crippen molar-refractivity contribution in [3.05, 3.63) is 29.3 Å². The number of rotatable bonds is 4. The van der Waals surface area contributed by atoms with E-state index in [1.54, 1.807) is 0 Å². The fourth-order valence-electron chi connectivity index (χ4n) is 2.56. The first kappa shape index (κ1) is 18.7. The van der Waals surface area contributed by atoms with Crippen LogP contribution in [0.3, 0.4) is 0 Å². The van der Waals surface area contributed by atoms with E-state index >= 15 is 0 Å². The number of carbonyl (C=O) groups is 1. The molecule has 0 saturated carbocycles. The molecule has 0 aromatic heterocycles. The van der Waals surface area contributed by atoms with E-state index in [0.717, 1.165) is 23.5 Å². The highest BCUT2D eigenvalue weighted by molar-refractivity contribution is 7.89. The third kappa shape index (κ3) is 3.55. The summed E-state index contributed by atoms with van der Waals surface area (Å²) < 4.78 is 70.0. The summed E-state index contributed by atoms with van der Waals surface area (Å²) in [6.45, 7) is 0.671. The molecule has 1 heterocycles. The highest BCUT2D eigenvalue weighted by Crippen LogP contribution is 2.35. The third-order valence-corrected chi connectivity index (χ3v) is 5.78. The van der Waals surface area contributed by atoms with E-state index in [1.807, 2.05) is 0 Å². The van der Waals surface area contributed by atoms with Gasteiger partial charge in [-0.25, -0.2) is 13.2 Å². The van der Waals surface area contributed by atoms with Crippen LogP contribution in [0.4, 0.5) is 13.2 Å². The molecule has 2 rings (SSSR count). The van der Waals surface area contributed by atoms with Gasteiger partial charge in [-0.05, 0) is 37.1 Å². The van der Waals surface area contributed by atoms with E-state index in [-0.39, 0.29) is 19.0 Å². The average molecular weight is 366 g/mol. The van der Waals surface area contributed by atoms with Crippen LogP contribution in [0.25, 0.3) is 0 Å². The van der Waals surface area contributed by atoms with Crippen LogP contribution in [-0.4, -0.2) is 45.4 Å². The van der Waals surface area contributed by atoms with Crippen LogP contribution in [0.15, 0.2) is 23.1 Å². The number of nitrogens with two attached hydrogens (primary N) is 1. The molecule has 134 valence electrons. The molecule has 1 aromatic rings. The molecule has 1 aliphatic rings. The number of alkyl halides is 3. The molecule has 0 spiro atoms. The quantitative estimate of drug-likeness (QED) is 0.815. The van der Waals surface area contributed by atoms with E-state index in [0.29, 0.717) is 19.0 Å². The Balaban J connectivity index is 2.46. The number of benzene rings is 1. The molecule has 0 amide bonds. The molecular weight excluding hydrogens is 349 g/mol. The van der Waals surface area contributed by atoms with E-state index in [1.165, 1.54) is 0 Å². The van der Waals surface area contributed by atoms with Crippen LogP contribution in [0.1, 0.15) is 22.3 Å². The molecule has 2 N–H and O–H groups in total. The van der Waals surface area contributed by atoms with Gasteiger partial charge in [-0.15, -0.1) is 0 Å². The largest absolute Gasteiger partial charge is 0.465 e. The molecule has 6 nitrogen and oxygen atoms in total. The van der Waals surface area contributed by atoms with E-state index in [2.05, 4.69) is 4.74 Å². The Morgan fingerprint density at radius 2 is 2.08 bits per heavy atom. The number of carbonyl (C=O) groups excluding carboxylic acids is 1. The second-order valence-electron chi connectivity index (χ2n) is 5.45. The Labute approximate surface area is 137 Å². The molecule has 1 atom stereocenters. The zero-order chi connectivity index (χ0) is 18.1. The summed E-state index contributed by atoms with van der Waals surface area (Å²) in [5.74, 6) is -1.20. The van der Waals surface area contributed by atoms with Gasteiger partial charge in [0.05, 0.1) is 23.1 Å². The maximum Gasteiger partial charge on any atom is 0.417 e. The molecule has 1 saturated heterocycles. The van der Waals surface area contributed by atoms with Gasteiger partial charge in [0.2, 0.25) is 10.0 Å². The summed E-state index contributed by atoms with van der Waals surface area (Å²) in [6.07, 6.45) is -4.33. The maximum absolute atomic E-state index is 13.2. The minimum absolute atomic E-state index is 0.0174. The molecule has 0 bridgehead atoms. The van der Waals surface area contributed by atoms with Crippen LogP contribution < -0.4 is 5.73 Å². The molecule has 1 aliphatic heterocycles. The van der Waals surface area contributed by atoms with Gasteiger partial charge in [0.1, 0.15) is 0 Å². The minimum Gasteiger partial charge on any atom is -0.465 e. The van der Waals surface area contributed by atoms with Crippen molar-refractivity contribution in [1.82, 2.24) is 4.31 Å². The van der Waals surface area contributed by atoms with Crippen molar-refractivity contribution in [2.24, 2.45) is 11.7 Å². The van der Waals surface area contributed by atoms with E-state index in [9.17, 15) is 26.4 Å². The number of methoxy groups -OCH3 is 1. The van der Waals surface area contributed by atoms with Gasteiger partial charge < -0.3 is 10.5 Å². The van der Waals surface area contributed by atoms with Crippen molar-refractivity contribution in [3.63, 3.8) is 0 Å². The summed E-state index contributed by atoms with van der Waals surface area (Å²) in [5.41, 5.74) is 3.43. The molecule has 10 heteroatoms. The lowest BCUT2D eigenvalue weighted by atomic mass is 10.1. The summed E-state index contributed by atoms with van der Waals surface area (Å²) in [6, 6.07) is 2.27. The summed E-state index contributed by atoms with van der Waals surface area (Å²) in [5, 5.41) is 0. The third-order valence-electron chi connectivity index (χ3n) is 3.92. The predicted octanol–water partition coefficient (Wildman–Crippen LogP) is 1.46. The van der Waals surface area contributed by atoms with Gasteiger partial charge in [-0.3, -0.25) is 0 Å². The predicted molar refractivity (Wildman–Crippen MR) is 78.7 cm³/mol. The first-order valence-corrected chi connectivity index (χ1v) is 8.55. The summed E-state index contributed by atoms with van der Waals surface area (Å²) >= 11 is 0. The first-order chi connectivity index (χ1) is 11.1. The van der Waals surface area contributed by atoms with Gasteiger partial charge in [-0.2, -0.15) is 17.5 Å². The Bertz CT molecular complexity index is 734. The number of hydrogen-bond acceptors (Lipinski definition) is 5. The highest BCUT2D eigenvalue weighted by Gasteiger charge is 2.38. The second-order valence-corrected chi connectivity index (χ2v) is 7.39. The van der Waals surface area contributed by atoms with Crippen LogP contribution in [0.5, 0.6) is 0 Å². The minimum atomic E-state index is -4.89. The van der Waals surface area contributed by atoms with E-state index < -0.39 is 38.2 Å². The Kier molecular flexibility index (Phi) is 5.21. The van der Waals surface area contributed by atoms with Crippen molar-refractivity contribution in [3.8, 4) is 0 Å². The fourth-order valence-corrected chi connectivity index (χ4v) is 4.12. The van der Waals surface area contributed by atoms with Crippen LogP contribution in [0.2, 0.25) is 0 Å². The van der Waals surface area contributed by atoms with Crippen LogP contribution >= 0.6 is 0 Å². The highest BCUT2D eigenvalue weighted by atomic mass is 32.2. The van der Waals surface area contributed by atoms with E-state index in [4.69, 9.17) is 5.73 Å². The number of halogens is 3. The van der Waals surface area contributed by atoms with Crippen LogP contribution in [0, 0.1) is 5.92 Å².